The summed E-state index contributed by atoms with van der Waals surface area (Å²) in [6, 6.07) is 0. The summed E-state index contributed by atoms with van der Waals surface area (Å²) in [5.41, 5.74) is 0. The Bertz CT molecular complexity index is 269. The Hall–Kier alpha value is -1.24. The normalized spacial score (nSPS) is 19.6. The number of rotatable bonds is 1. The van der Waals surface area contributed by atoms with Crippen LogP contribution in [0.5, 0.6) is 0 Å². The van der Waals surface area contributed by atoms with Gasteiger partial charge in [-0.1, -0.05) is 19.6 Å². The Balaban J connectivity index is 0.000000181. The molecule has 7 heteroatoms. The van der Waals surface area contributed by atoms with E-state index in [4.69, 9.17) is 4.74 Å². The highest BCUT2D eigenvalue weighted by Gasteiger charge is 2.33. The van der Waals surface area contributed by atoms with Crippen LogP contribution in [-0.4, -0.2) is 51.3 Å². The zero-order valence-electron chi connectivity index (χ0n) is 9.91. The molecule has 0 aromatic heterocycles. The lowest BCUT2D eigenvalue weighted by atomic mass is 10.7. The predicted molar refractivity (Wildman–Crippen MR) is 60.8 cm³/mol. The first kappa shape index (κ1) is 12.8. The van der Waals surface area contributed by atoms with Crippen molar-refractivity contribution in [1.82, 2.24) is 9.88 Å². The fourth-order valence-corrected chi connectivity index (χ4v) is 2.72. The van der Waals surface area contributed by atoms with Crippen LogP contribution in [0.25, 0.3) is 0 Å². The summed E-state index contributed by atoms with van der Waals surface area (Å²) in [5.74, 6) is 0. The van der Waals surface area contributed by atoms with Crippen molar-refractivity contribution < 1.29 is 19.1 Å². The number of cyclic esters (lactones) is 2. The highest BCUT2D eigenvalue weighted by atomic mass is 28.3. The molecule has 2 heterocycles. The van der Waals surface area contributed by atoms with E-state index in [-0.39, 0.29) is 12.2 Å². The van der Waals surface area contributed by atoms with Gasteiger partial charge in [0.15, 0.2) is 8.24 Å². The van der Waals surface area contributed by atoms with Gasteiger partial charge in [0, 0.05) is 6.54 Å². The van der Waals surface area contributed by atoms with Crippen LogP contribution in [0, 0.1) is 0 Å². The monoisotopic (exact) mass is 246 g/mol. The van der Waals surface area contributed by atoms with E-state index in [1.807, 2.05) is 4.57 Å². The van der Waals surface area contributed by atoms with Gasteiger partial charge >= 0.3 is 12.2 Å². The van der Waals surface area contributed by atoms with Crippen LogP contribution in [0.1, 0.15) is 0 Å². The maximum atomic E-state index is 11.0. The molecule has 0 spiro atoms. The molecule has 2 aliphatic rings. The smallest absolute Gasteiger partial charge is 0.407 e. The van der Waals surface area contributed by atoms with E-state index < -0.39 is 8.24 Å². The molecule has 2 fully saturated rings. The minimum absolute atomic E-state index is 0.126. The fraction of sp³-hybridized carbons (Fsp3) is 0.778. The van der Waals surface area contributed by atoms with Gasteiger partial charge in [-0.05, 0) is 0 Å². The van der Waals surface area contributed by atoms with Gasteiger partial charge in [-0.25, -0.2) is 9.59 Å². The molecular weight excluding hydrogens is 228 g/mol. The van der Waals surface area contributed by atoms with Crippen LogP contribution in [0.15, 0.2) is 0 Å². The predicted octanol–water partition coefficient (Wildman–Crippen LogP) is 1.000. The van der Waals surface area contributed by atoms with E-state index in [0.29, 0.717) is 19.8 Å². The van der Waals surface area contributed by atoms with Gasteiger partial charge in [0.2, 0.25) is 0 Å². The molecule has 16 heavy (non-hydrogen) atoms. The molecule has 2 rings (SSSR count). The number of amides is 2. The topological polar surface area (TPSA) is 67.9 Å². The first-order chi connectivity index (χ1) is 7.41. The fourth-order valence-electron chi connectivity index (χ4n) is 1.35. The Morgan fingerprint density at radius 3 is 2.06 bits per heavy atom. The second kappa shape index (κ2) is 5.20. The quantitative estimate of drug-likeness (QED) is 0.701. The standard InChI is InChI=1S/C6H13NO2Si.C3H5NO2/c1-10(2,3)7-4-5-9-6(7)8;5-3-4-1-2-6-3/h4-5H2,1-3H3;1-2H2,(H,4,5). The zero-order valence-corrected chi connectivity index (χ0v) is 10.9. The number of carbonyl (C=O) groups excluding carboxylic acids is 2. The van der Waals surface area contributed by atoms with Crippen molar-refractivity contribution in [2.75, 3.05) is 26.3 Å². The van der Waals surface area contributed by atoms with E-state index in [1.54, 1.807) is 0 Å². The average molecular weight is 246 g/mol. The van der Waals surface area contributed by atoms with Crippen molar-refractivity contribution in [2.24, 2.45) is 0 Å². The number of carbonyl (C=O) groups is 2. The number of nitrogens with zero attached hydrogens (tertiary/aromatic N) is 1. The van der Waals surface area contributed by atoms with E-state index in [9.17, 15) is 9.59 Å². The number of hydrogen-bond donors (Lipinski definition) is 1. The molecule has 0 radical (unpaired) electrons. The molecule has 0 saturated carbocycles. The van der Waals surface area contributed by atoms with Gasteiger partial charge in [-0.2, -0.15) is 0 Å². The molecule has 2 saturated heterocycles. The first-order valence-corrected chi connectivity index (χ1v) is 8.71. The van der Waals surface area contributed by atoms with E-state index >= 15 is 0 Å². The number of nitrogens with one attached hydrogen (secondary N) is 1. The van der Waals surface area contributed by atoms with Crippen LogP contribution in [0.2, 0.25) is 19.6 Å². The molecular formula is C9H18N2O4Si. The summed E-state index contributed by atoms with van der Waals surface area (Å²) in [4.78, 5) is 20.9. The van der Waals surface area contributed by atoms with Gasteiger partial charge in [0.25, 0.3) is 0 Å². The highest BCUT2D eigenvalue weighted by Crippen LogP contribution is 2.14. The highest BCUT2D eigenvalue weighted by molar-refractivity contribution is 6.75. The van der Waals surface area contributed by atoms with Crippen LogP contribution < -0.4 is 5.32 Å². The van der Waals surface area contributed by atoms with Crippen LogP contribution in [0.3, 0.4) is 0 Å². The molecule has 0 aliphatic carbocycles. The molecule has 2 amide bonds. The van der Waals surface area contributed by atoms with E-state index in [1.165, 1.54) is 0 Å². The molecule has 0 unspecified atom stereocenters. The van der Waals surface area contributed by atoms with E-state index in [2.05, 4.69) is 29.7 Å². The average Bonchev–Trinajstić information content (AvgIpc) is 2.75. The number of alkyl carbamates (subject to hydrolysis) is 1. The lowest BCUT2D eigenvalue weighted by Crippen LogP contribution is -2.46. The summed E-state index contributed by atoms with van der Waals surface area (Å²) in [6.45, 7) is 8.97. The van der Waals surface area contributed by atoms with Crippen LogP contribution in [0.4, 0.5) is 9.59 Å². The summed E-state index contributed by atoms with van der Waals surface area (Å²) >= 11 is 0. The van der Waals surface area contributed by atoms with Crippen LogP contribution in [-0.2, 0) is 9.47 Å². The van der Waals surface area contributed by atoms with Crippen molar-refractivity contribution >= 4 is 20.4 Å². The molecule has 1 N–H and O–H groups in total. The molecule has 0 atom stereocenters. The zero-order chi connectivity index (χ0) is 12.2. The molecule has 6 nitrogen and oxygen atoms in total. The maximum Gasteiger partial charge on any atom is 0.407 e. The molecule has 2 aliphatic heterocycles. The molecule has 0 aromatic rings. The first-order valence-electron chi connectivity index (χ1n) is 5.26. The Morgan fingerprint density at radius 2 is 1.88 bits per heavy atom. The third-order valence-electron chi connectivity index (χ3n) is 2.18. The molecule has 0 aromatic carbocycles. The molecule has 0 bridgehead atoms. The minimum Gasteiger partial charge on any atom is -0.448 e. The molecule has 92 valence electrons. The van der Waals surface area contributed by atoms with Gasteiger partial charge in [-0.15, -0.1) is 0 Å². The van der Waals surface area contributed by atoms with Crippen LogP contribution >= 0.6 is 0 Å². The lowest BCUT2D eigenvalue weighted by Gasteiger charge is -2.26. The summed E-state index contributed by atoms with van der Waals surface area (Å²) < 4.78 is 11.1. The second-order valence-corrected chi connectivity index (χ2v) is 9.38. The SMILES string of the molecule is C[Si](C)(C)N1CCOC1=O.O=C1NCCO1. The van der Waals surface area contributed by atoms with Crippen molar-refractivity contribution in [3.63, 3.8) is 0 Å². The van der Waals surface area contributed by atoms with Crippen molar-refractivity contribution in [3.05, 3.63) is 0 Å². The number of ether oxygens (including phenoxy) is 2. The Kier molecular flexibility index (Phi) is 4.16. The second-order valence-electron chi connectivity index (χ2n) is 4.50. The number of hydrogen-bond acceptors (Lipinski definition) is 4. The summed E-state index contributed by atoms with van der Waals surface area (Å²) in [7, 11) is -1.43. The van der Waals surface area contributed by atoms with Gasteiger partial charge < -0.3 is 19.4 Å². The summed E-state index contributed by atoms with van der Waals surface area (Å²) in [5, 5.41) is 2.46. The van der Waals surface area contributed by atoms with Crippen molar-refractivity contribution in [1.29, 1.82) is 0 Å². The van der Waals surface area contributed by atoms with Gasteiger partial charge in [-0.3, -0.25) is 0 Å². The lowest BCUT2D eigenvalue weighted by molar-refractivity contribution is 0.169. The van der Waals surface area contributed by atoms with Gasteiger partial charge in [0.1, 0.15) is 13.2 Å². The third-order valence-corrected chi connectivity index (χ3v) is 4.20. The largest absolute Gasteiger partial charge is 0.448 e. The maximum absolute atomic E-state index is 11.0. The third kappa shape index (κ3) is 3.73. The summed E-state index contributed by atoms with van der Waals surface area (Å²) in [6.07, 6.45) is -0.422. The Morgan fingerprint density at radius 1 is 1.19 bits per heavy atom. The van der Waals surface area contributed by atoms with E-state index in [0.717, 1.165) is 6.54 Å². The Labute approximate surface area is 96.0 Å². The van der Waals surface area contributed by atoms with Gasteiger partial charge in [0.05, 0.1) is 6.54 Å². The van der Waals surface area contributed by atoms with Crippen molar-refractivity contribution in [2.45, 2.75) is 19.6 Å². The minimum atomic E-state index is -1.43. The van der Waals surface area contributed by atoms with Crippen molar-refractivity contribution in [3.8, 4) is 0 Å².